The maximum Gasteiger partial charge on any atom is 0.0685 e. The second-order valence-electron chi connectivity index (χ2n) is 3.29. The first-order valence-electron chi connectivity index (χ1n) is 4.51. The monoisotopic (exact) mass is 190 g/mol. The molecule has 0 heterocycles. The van der Waals surface area contributed by atoms with Crippen LogP contribution in [0.15, 0.2) is 12.2 Å². The molecule has 0 saturated heterocycles. The fourth-order valence-electron chi connectivity index (χ4n) is 1.02. The van der Waals surface area contributed by atoms with E-state index in [1.165, 1.54) is 12.8 Å². The van der Waals surface area contributed by atoms with Crippen LogP contribution in [0, 0.1) is 5.92 Å². The van der Waals surface area contributed by atoms with E-state index in [-0.39, 0.29) is 0 Å². The predicted molar refractivity (Wildman–Crippen MR) is 54.8 cm³/mol. The molecule has 0 bridgehead atoms. The van der Waals surface area contributed by atoms with Crippen LogP contribution in [0.25, 0.3) is 0 Å². The Morgan fingerprint density at radius 1 is 1.58 bits per heavy atom. The van der Waals surface area contributed by atoms with Gasteiger partial charge in [-0.05, 0) is 17.9 Å². The average Bonchev–Trinajstić information content (AvgIpc) is 2.04. The molecule has 0 aliphatic rings. The summed E-state index contributed by atoms with van der Waals surface area (Å²) in [6, 6.07) is 0. The van der Waals surface area contributed by atoms with E-state index in [2.05, 4.69) is 20.4 Å². The Hall–Kier alpha value is -0.0100. The number of hydrogen-bond acceptors (Lipinski definition) is 1. The van der Waals surface area contributed by atoms with Crippen molar-refractivity contribution >= 4 is 11.6 Å². The quantitative estimate of drug-likeness (QED) is 0.443. The summed E-state index contributed by atoms with van der Waals surface area (Å²) in [5.74, 6) is 1.15. The number of hydrogen-bond donors (Lipinski definition) is 0. The van der Waals surface area contributed by atoms with Gasteiger partial charge in [-0.3, -0.25) is 0 Å². The van der Waals surface area contributed by atoms with Gasteiger partial charge in [0.1, 0.15) is 0 Å². The molecule has 72 valence electrons. The van der Waals surface area contributed by atoms with Gasteiger partial charge >= 0.3 is 0 Å². The third-order valence-corrected chi connectivity index (χ3v) is 2.06. The zero-order valence-corrected chi connectivity index (χ0v) is 8.86. The Kier molecular flexibility index (Phi) is 7.62. The van der Waals surface area contributed by atoms with E-state index in [1.807, 2.05) is 0 Å². The van der Waals surface area contributed by atoms with Crippen molar-refractivity contribution in [3.63, 3.8) is 0 Å². The van der Waals surface area contributed by atoms with Crippen LogP contribution >= 0.6 is 11.6 Å². The minimum atomic E-state index is 0.502. The van der Waals surface area contributed by atoms with Crippen LogP contribution in [-0.2, 0) is 4.74 Å². The maximum atomic E-state index is 5.55. The molecule has 0 aliphatic heterocycles. The molecule has 0 aromatic carbocycles. The second kappa shape index (κ2) is 7.63. The number of halogens is 1. The lowest BCUT2D eigenvalue weighted by atomic mass is 10.1. The Labute approximate surface area is 80.8 Å². The van der Waals surface area contributed by atoms with E-state index in [4.69, 9.17) is 16.3 Å². The zero-order valence-electron chi connectivity index (χ0n) is 8.11. The topological polar surface area (TPSA) is 9.23 Å². The lowest BCUT2D eigenvalue weighted by molar-refractivity contribution is 0.120. The SMILES string of the molecule is C=C(CCl)COCC(C)CCC. The first kappa shape index (κ1) is 12.0. The standard InChI is InChI=1S/C10H19ClO/c1-4-5-9(2)7-12-8-10(3)6-11/h9H,3-8H2,1-2H3. The highest BCUT2D eigenvalue weighted by Crippen LogP contribution is 2.06. The van der Waals surface area contributed by atoms with Crippen LogP contribution in [0.4, 0.5) is 0 Å². The second-order valence-corrected chi connectivity index (χ2v) is 3.56. The van der Waals surface area contributed by atoms with Gasteiger partial charge in [-0.1, -0.05) is 26.8 Å². The highest BCUT2D eigenvalue weighted by atomic mass is 35.5. The third-order valence-electron chi connectivity index (χ3n) is 1.68. The summed E-state index contributed by atoms with van der Waals surface area (Å²) in [5, 5.41) is 0. The Morgan fingerprint density at radius 3 is 2.75 bits per heavy atom. The summed E-state index contributed by atoms with van der Waals surface area (Å²) >= 11 is 5.55. The van der Waals surface area contributed by atoms with Gasteiger partial charge in [-0.25, -0.2) is 0 Å². The van der Waals surface area contributed by atoms with E-state index in [9.17, 15) is 0 Å². The predicted octanol–water partition coefficient (Wildman–Crippen LogP) is 3.23. The summed E-state index contributed by atoms with van der Waals surface area (Å²) in [4.78, 5) is 0. The van der Waals surface area contributed by atoms with Gasteiger partial charge in [0.05, 0.1) is 6.61 Å². The highest BCUT2D eigenvalue weighted by Gasteiger charge is 2.00. The molecule has 0 aromatic rings. The molecular formula is C10H19ClO. The molecular weight excluding hydrogens is 172 g/mol. The lowest BCUT2D eigenvalue weighted by Gasteiger charge is -2.10. The van der Waals surface area contributed by atoms with Gasteiger partial charge in [-0.2, -0.15) is 0 Å². The van der Waals surface area contributed by atoms with Crippen molar-refractivity contribution in [2.45, 2.75) is 26.7 Å². The summed E-state index contributed by atoms with van der Waals surface area (Å²) in [7, 11) is 0. The molecule has 0 amide bonds. The minimum Gasteiger partial charge on any atom is -0.377 e. The Bertz CT molecular complexity index is 123. The molecule has 0 radical (unpaired) electrons. The molecule has 0 aliphatic carbocycles. The van der Waals surface area contributed by atoms with Crippen molar-refractivity contribution in [2.75, 3.05) is 19.1 Å². The van der Waals surface area contributed by atoms with Crippen molar-refractivity contribution in [1.29, 1.82) is 0 Å². The molecule has 12 heavy (non-hydrogen) atoms. The van der Waals surface area contributed by atoms with Crippen LogP contribution in [0.1, 0.15) is 26.7 Å². The van der Waals surface area contributed by atoms with E-state index in [1.54, 1.807) is 0 Å². The van der Waals surface area contributed by atoms with E-state index < -0.39 is 0 Å². The smallest absolute Gasteiger partial charge is 0.0685 e. The van der Waals surface area contributed by atoms with Gasteiger partial charge in [0.25, 0.3) is 0 Å². The maximum absolute atomic E-state index is 5.55. The molecule has 0 spiro atoms. The summed E-state index contributed by atoms with van der Waals surface area (Å²) in [6.07, 6.45) is 2.45. The number of rotatable bonds is 7. The van der Waals surface area contributed by atoms with Gasteiger partial charge < -0.3 is 4.74 Å². The van der Waals surface area contributed by atoms with Crippen LogP contribution in [0.3, 0.4) is 0 Å². The molecule has 0 saturated carbocycles. The van der Waals surface area contributed by atoms with E-state index in [0.717, 1.165) is 12.2 Å². The van der Waals surface area contributed by atoms with Crippen LogP contribution in [0.5, 0.6) is 0 Å². The van der Waals surface area contributed by atoms with Gasteiger partial charge in [0.2, 0.25) is 0 Å². The molecule has 1 unspecified atom stereocenters. The van der Waals surface area contributed by atoms with Gasteiger partial charge in [0.15, 0.2) is 0 Å². The molecule has 0 N–H and O–H groups in total. The fraction of sp³-hybridized carbons (Fsp3) is 0.800. The first-order valence-corrected chi connectivity index (χ1v) is 5.04. The average molecular weight is 191 g/mol. The summed E-state index contributed by atoms with van der Waals surface area (Å²) in [6.45, 7) is 9.58. The normalized spacial score (nSPS) is 12.9. The number of alkyl halides is 1. The highest BCUT2D eigenvalue weighted by molar-refractivity contribution is 6.19. The van der Waals surface area contributed by atoms with E-state index in [0.29, 0.717) is 18.4 Å². The van der Waals surface area contributed by atoms with Crippen molar-refractivity contribution in [3.05, 3.63) is 12.2 Å². The molecule has 0 fully saturated rings. The van der Waals surface area contributed by atoms with Crippen molar-refractivity contribution in [1.82, 2.24) is 0 Å². The minimum absolute atomic E-state index is 0.502. The summed E-state index contributed by atoms with van der Waals surface area (Å²) in [5.41, 5.74) is 0.959. The molecule has 0 aromatic heterocycles. The van der Waals surface area contributed by atoms with Crippen LogP contribution < -0.4 is 0 Å². The van der Waals surface area contributed by atoms with E-state index >= 15 is 0 Å². The summed E-state index contributed by atoms with van der Waals surface area (Å²) < 4.78 is 5.42. The third kappa shape index (κ3) is 6.68. The first-order chi connectivity index (χ1) is 5.70. The van der Waals surface area contributed by atoms with Crippen molar-refractivity contribution in [3.8, 4) is 0 Å². The van der Waals surface area contributed by atoms with Crippen LogP contribution in [0.2, 0.25) is 0 Å². The van der Waals surface area contributed by atoms with Crippen molar-refractivity contribution in [2.24, 2.45) is 5.92 Å². The molecule has 1 nitrogen and oxygen atoms in total. The van der Waals surface area contributed by atoms with Crippen molar-refractivity contribution < 1.29 is 4.74 Å². The fourth-order valence-corrected chi connectivity index (χ4v) is 1.10. The largest absolute Gasteiger partial charge is 0.377 e. The number of ether oxygens (including phenoxy) is 1. The molecule has 2 heteroatoms. The Morgan fingerprint density at radius 2 is 2.25 bits per heavy atom. The lowest BCUT2D eigenvalue weighted by Crippen LogP contribution is -2.07. The zero-order chi connectivity index (χ0) is 9.40. The van der Waals surface area contributed by atoms with Gasteiger partial charge in [-0.15, -0.1) is 11.6 Å². The Balaban J connectivity index is 3.24. The van der Waals surface area contributed by atoms with Crippen LogP contribution in [-0.4, -0.2) is 19.1 Å². The molecule has 1 atom stereocenters. The molecule has 0 rings (SSSR count). The van der Waals surface area contributed by atoms with Gasteiger partial charge in [0, 0.05) is 12.5 Å².